The van der Waals surface area contributed by atoms with Gasteiger partial charge in [-0.15, -0.1) is 0 Å². The molecular weight excluding hydrogens is 328 g/mol. The van der Waals surface area contributed by atoms with Crippen molar-refractivity contribution in [2.24, 2.45) is 0 Å². The Bertz CT molecular complexity index is 868. The summed E-state index contributed by atoms with van der Waals surface area (Å²) in [6, 6.07) is 12.9. The van der Waals surface area contributed by atoms with E-state index in [2.05, 4.69) is 48.8 Å². The number of aryl methyl sites for hydroxylation is 1. The van der Waals surface area contributed by atoms with E-state index in [1.165, 1.54) is 16.0 Å². The molecule has 2 N–H and O–H groups in total. The molecule has 0 saturated heterocycles. The van der Waals surface area contributed by atoms with Crippen molar-refractivity contribution in [1.82, 2.24) is 5.32 Å². The number of carbonyl (C=O) groups excluding carboxylic acids is 1. The fourth-order valence-electron chi connectivity index (χ4n) is 2.99. The molecule has 2 aliphatic rings. The van der Waals surface area contributed by atoms with Crippen LogP contribution in [-0.4, -0.2) is 11.9 Å². The minimum atomic E-state index is 0.0238. The first-order valence-electron chi connectivity index (χ1n) is 8.85. The summed E-state index contributed by atoms with van der Waals surface area (Å²) in [5, 5.41) is 6.63. The van der Waals surface area contributed by atoms with Crippen molar-refractivity contribution >= 4 is 29.1 Å². The fraction of sp³-hybridized carbons (Fsp3) is 0.286. The summed E-state index contributed by atoms with van der Waals surface area (Å²) in [5.41, 5.74) is 5.32. The summed E-state index contributed by atoms with van der Waals surface area (Å²) >= 11 is 1.75. The average Bonchev–Trinajstić information content (AvgIpc) is 3.41. The fourth-order valence-corrected chi connectivity index (χ4v) is 4.00. The standard InChI is InChI=1S/C21H22N2OS/c1-3-4-17-16-11-13(2)5-9-19(16)25-20-10-6-14(12-18(20)23-17)21(24)22-15-7-8-15/h4-6,9-12,15,23H,3,7-8H2,1-2H3,(H,22,24). The first-order valence-corrected chi connectivity index (χ1v) is 9.66. The van der Waals surface area contributed by atoms with E-state index in [4.69, 9.17) is 0 Å². The van der Waals surface area contributed by atoms with E-state index >= 15 is 0 Å². The molecule has 2 aromatic carbocycles. The zero-order valence-corrected chi connectivity index (χ0v) is 15.4. The Morgan fingerprint density at radius 1 is 1.24 bits per heavy atom. The molecule has 0 bridgehead atoms. The van der Waals surface area contributed by atoms with Crippen molar-refractivity contribution in [1.29, 1.82) is 0 Å². The normalized spacial score (nSPS) is 17.3. The second-order valence-electron chi connectivity index (χ2n) is 6.71. The molecule has 25 heavy (non-hydrogen) atoms. The van der Waals surface area contributed by atoms with Gasteiger partial charge in [-0.2, -0.15) is 0 Å². The Balaban J connectivity index is 1.72. The van der Waals surface area contributed by atoms with Gasteiger partial charge in [0, 0.05) is 32.7 Å². The lowest BCUT2D eigenvalue weighted by atomic mass is 10.1. The van der Waals surface area contributed by atoms with E-state index in [0.29, 0.717) is 6.04 Å². The van der Waals surface area contributed by atoms with Crippen LogP contribution in [0.2, 0.25) is 0 Å². The number of nitrogens with one attached hydrogen (secondary N) is 2. The summed E-state index contributed by atoms with van der Waals surface area (Å²) < 4.78 is 0. The molecule has 2 aromatic rings. The van der Waals surface area contributed by atoms with E-state index in [-0.39, 0.29) is 5.91 Å². The second kappa shape index (κ2) is 6.60. The predicted molar refractivity (Wildman–Crippen MR) is 104 cm³/mol. The van der Waals surface area contributed by atoms with E-state index in [1.54, 1.807) is 11.8 Å². The maximum absolute atomic E-state index is 12.4. The molecule has 1 amide bonds. The molecule has 0 radical (unpaired) electrons. The van der Waals surface area contributed by atoms with Gasteiger partial charge in [0.05, 0.1) is 5.69 Å². The minimum Gasteiger partial charge on any atom is -0.354 e. The topological polar surface area (TPSA) is 41.1 Å². The van der Waals surface area contributed by atoms with Crippen molar-refractivity contribution in [3.8, 4) is 0 Å². The number of benzene rings is 2. The van der Waals surface area contributed by atoms with Gasteiger partial charge in [-0.1, -0.05) is 36.4 Å². The van der Waals surface area contributed by atoms with Crippen molar-refractivity contribution in [2.45, 2.75) is 48.9 Å². The summed E-state index contributed by atoms with van der Waals surface area (Å²) in [4.78, 5) is 14.8. The number of hydrogen-bond acceptors (Lipinski definition) is 3. The second-order valence-corrected chi connectivity index (χ2v) is 7.80. The summed E-state index contributed by atoms with van der Waals surface area (Å²) in [5.74, 6) is 0.0238. The summed E-state index contributed by atoms with van der Waals surface area (Å²) in [6.07, 6.45) is 5.37. The van der Waals surface area contributed by atoms with E-state index in [0.717, 1.165) is 41.1 Å². The van der Waals surface area contributed by atoms with Crippen molar-refractivity contribution in [3.05, 3.63) is 59.2 Å². The minimum absolute atomic E-state index is 0.0238. The SMILES string of the molecule is CCC=C1Nc2cc(C(=O)NC3CC3)ccc2Sc2ccc(C)cc21. The summed E-state index contributed by atoms with van der Waals surface area (Å²) in [6.45, 7) is 4.26. The first kappa shape index (κ1) is 16.3. The Labute approximate surface area is 152 Å². The number of hydrogen-bond donors (Lipinski definition) is 2. The van der Waals surface area contributed by atoms with Crippen LogP contribution in [0.4, 0.5) is 5.69 Å². The van der Waals surface area contributed by atoms with Gasteiger partial charge >= 0.3 is 0 Å². The van der Waals surface area contributed by atoms with E-state index < -0.39 is 0 Å². The Hall–Kier alpha value is -2.20. The maximum Gasteiger partial charge on any atom is 0.251 e. The zero-order chi connectivity index (χ0) is 17.4. The lowest BCUT2D eigenvalue weighted by Crippen LogP contribution is -2.25. The molecule has 0 unspecified atom stereocenters. The monoisotopic (exact) mass is 350 g/mol. The molecule has 1 heterocycles. The number of anilines is 1. The zero-order valence-electron chi connectivity index (χ0n) is 14.6. The Morgan fingerprint density at radius 2 is 2.04 bits per heavy atom. The molecule has 4 heteroatoms. The van der Waals surface area contributed by atoms with Crippen molar-refractivity contribution in [2.75, 3.05) is 5.32 Å². The van der Waals surface area contributed by atoms with Crippen LogP contribution in [0, 0.1) is 6.92 Å². The molecule has 0 spiro atoms. The van der Waals surface area contributed by atoms with Crippen molar-refractivity contribution in [3.63, 3.8) is 0 Å². The third-order valence-corrected chi connectivity index (χ3v) is 5.63. The van der Waals surface area contributed by atoms with Gasteiger partial charge in [0.15, 0.2) is 0 Å². The highest BCUT2D eigenvalue weighted by Crippen LogP contribution is 2.42. The quantitative estimate of drug-likeness (QED) is 0.798. The molecule has 1 saturated carbocycles. The Kier molecular flexibility index (Phi) is 4.30. The highest BCUT2D eigenvalue weighted by Gasteiger charge is 2.25. The number of rotatable bonds is 3. The lowest BCUT2D eigenvalue weighted by molar-refractivity contribution is 0.0951. The van der Waals surface area contributed by atoms with Gasteiger partial charge in [-0.3, -0.25) is 4.79 Å². The van der Waals surface area contributed by atoms with Crippen molar-refractivity contribution < 1.29 is 4.79 Å². The van der Waals surface area contributed by atoms with Crippen LogP contribution in [-0.2, 0) is 0 Å². The van der Waals surface area contributed by atoms with E-state index in [1.807, 2.05) is 18.2 Å². The average molecular weight is 350 g/mol. The number of amides is 1. The molecule has 1 aliphatic carbocycles. The third-order valence-electron chi connectivity index (χ3n) is 4.48. The van der Waals surface area contributed by atoms with Crippen LogP contribution in [0.25, 0.3) is 5.70 Å². The molecule has 1 fully saturated rings. The number of carbonyl (C=O) groups is 1. The van der Waals surface area contributed by atoms with Crippen LogP contribution in [0.3, 0.4) is 0 Å². The molecule has 0 aromatic heterocycles. The van der Waals surface area contributed by atoms with Crippen LogP contribution in [0.1, 0.15) is 47.7 Å². The largest absolute Gasteiger partial charge is 0.354 e. The van der Waals surface area contributed by atoms with Crippen LogP contribution < -0.4 is 10.6 Å². The highest BCUT2D eigenvalue weighted by molar-refractivity contribution is 7.99. The molecule has 0 atom stereocenters. The first-order chi connectivity index (χ1) is 12.1. The van der Waals surface area contributed by atoms with Crippen LogP contribution in [0.15, 0.2) is 52.3 Å². The molecule has 1 aliphatic heterocycles. The molecule has 128 valence electrons. The van der Waals surface area contributed by atoms with Gasteiger partial charge < -0.3 is 10.6 Å². The Morgan fingerprint density at radius 3 is 2.80 bits per heavy atom. The summed E-state index contributed by atoms with van der Waals surface area (Å²) in [7, 11) is 0. The van der Waals surface area contributed by atoms with Crippen LogP contribution >= 0.6 is 11.8 Å². The molecule has 4 rings (SSSR count). The van der Waals surface area contributed by atoms with Gasteiger partial charge in [-0.05, 0) is 56.5 Å². The van der Waals surface area contributed by atoms with Gasteiger partial charge in [-0.25, -0.2) is 0 Å². The van der Waals surface area contributed by atoms with E-state index in [9.17, 15) is 4.79 Å². The van der Waals surface area contributed by atoms with Gasteiger partial charge in [0.1, 0.15) is 0 Å². The maximum atomic E-state index is 12.4. The van der Waals surface area contributed by atoms with Gasteiger partial charge in [0.25, 0.3) is 5.91 Å². The number of allylic oxidation sites excluding steroid dienone is 1. The smallest absolute Gasteiger partial charge is 0.251 e. The molecular formula is C21H22N2OS. The van der Waals surface area contributed by atoms with Gasteiger partial charge in [0.2, 0.25) is 0 Å². The predicted octanol–water partition coefficient (Wildman–Crippen LogP) is 5.21. The molecule has 3 nitrogen and oxygen atoms in total. The lowest BCUT2D eigenvalue weighted by Gasteiger charge is -2.12. The number of fused-ring (bicyclic) bond motifs is 2. The van der Waals surface area contributed by atoms with Crippen LogP contribution in [0.5, 0.6) is 0 Å². The third kappa shape index (κ3) is 3.45. The highest BCUT2D eigenvalue weighted by atomic mass is 32.2.